The lowest BCUT2D eigenvalue weighted by Gasteiger charge is -2.14. The highest BCUT2D eigenvalue weighted by Gasteiger charge is 2.03. The molecule has 0 amide bonds. The lowest BCUT2D eigenvalue weighted by molar-refractivity contribution is 0.172. The van der Waals surface area contributed by atoms with E-state index in [1.807, 2.05) is 62.4 Å². The monoisotopic (exact) mass is 385 g/mol. The Morgan fingerprint density at radius 2 is 1.82 bits per heavy atom. The lowest BCUT2D eigenvalue weighted by atomic mass is 10.2. The van der Waals surface area contributed by atoms with Crippen LogP contribution in [0.25, 0.3) is 0 Å². The number of nitrogens with one attached hydrogen (secondary N) is 2. The molecule has 0 saturated heterocycles. The van der Waals surface area contributed by atoms with Crippen LogP contribution in [0.1, 0.15) is 25.8 Å². The van der Waals surface area contributed by atoms with Crippen molar-refractivity contribution in [2.45, 2.75) is 32.9 Å². The summed E-state index contributed by atoms with van der Waals surface area (Å²) in [6, 6.07) is 15.9. The van der Waals surface area contributed by atoms with E-state index in [1.54, 1.807) is 14.2 Å². The maximum atomic E-state index is 5.74. The van der Waals surface area contributed by atoms with E-state index in [9.17, 15) is 0 Å². The molecule has 0 atom stereocenters. The maximum Gasteiger partial charge on any atom is 0.195 e. The lowest BCUT2D eigenvalue weighted by Crippen LogP contribution is -2.30. The van der Waals surface area contributed by atoms with E-state index >= 15 is 0 Å². The summed E-state index contributed by atoms with van der Waals surface area (Å²) in [6.07, 6.45) is 1.03. The summed E-state index contributed by atoms with van der Waals surface area (Å²) >= 11 is 0. The van der Waals surface area contributed by atoms with E-state index in [0.29, 0.717) is 25.7 Å². The van der Waals surface area contributed by atoms with E-state index < -0.39 is 0 Å². The first kappa shape index (κ1) is 21.6. The Kier molecular flexibility index (Phi) is 9.15. The molecule has 2 aromatic rings. The van der Waals surface area contributed by atoms with E-state index in [2.05, 4.69) is 15.6 Å². The summed E-state index contributed by atoms with van der Waals surface area (Å²) in [6.45, 7) is 6.02. The summed E-state index contributed by atoms with van der Waals surface area (Å²) in [4.78, 5) is 4.28. The average Bonchev–Trinajstić information content (AvgIpc) is 2.69. The number of ether oxygens (including phenoxy) is 3. The first-order chi connectivity index (χ1) is 13.6. The van der Waals surface area contributed by atoms with Crippen molar-refractivity contribution in [3.8, 4) is 11.5 Å². The summed E-state index contributed by atoms with van der Waals surface area (Å²) in [5.41, 5.74) is 2.06. The minimum atomic E-state index is 0.173. The van der Waals surface area contributed by atoms with Gasteiger partial charge < -0.3 is 24.8 Å². The van der Waals surface area contributed by atoms with Crippen molar-refractivity contribution in [2.75, 3.05) is 32.7 Å². The van der Waals surface area contributed by atoms with Gasteiger partial charge in [0.05, 0.1) is 12.7 Å². The Morgan fingerprint density at radius 3 is 2.50 bits per heavy atom. The van der Waals surface area contributed by atoms with Crippen LogP contribution in [-0.4, -0.2) is 39.4 Å². The van der Waals surface area contributed by atoms with Crippen LogP contribution in [0.2, 0.25) is 0 Å². The van der Waals surface area contributed by atoms with E-state index in [-0.39, 0.29) is 6.10 Å². The van der Waals surface area contributed by atoms with Crippen LogP contribution in [0.4, 0.5) is 5.69 Å². The van der Waals surface area contributed by atoms with Gasteiger partial charge in [0, 0.05) is 45.5 Å². The smallest absolute Gasteiger partial charge is 0.195 e. The van der Waals surface area contributed by atoms with Crippen LogP contribution in [0, 0.1) is 0 Å². The van der Waals surface area contributed by atoms with E-state index in [0.717, 1.165) is 29.2 Å². The number of methoxy groups -OCH3 is 1. The maximum absolute atomic E-state index is 5.74. The molecule has 6 nitrogen and oxygen atoms in total. The summed E-state index contributed by atoms with van der Waals surface area (Å²) in [5, 5.41) is 6.60. The fourth-order valence-electron chi connectivity index (χ4n) is 2.52. The topological polar surface area (TPSA) is 64.1 Å². The van der Waals surface area contributed by atoms with Crippen molar-refractivity contribution < 1.29 is 14.2 Å². The van der Waals surface area contributed by atoms with Gasteiger partial charge in [-0.25, -0.2) is 0 Å². The zero-order chi connectivity index (χ0) is 20.2. The van der Waals surface area contributed by atoms with Gasteiger partial charge in [-0.2, -0.15) is 0 Å². The Balaban J connectivity index is 1.85. The normalized spacial score (nSPS) is 11.4. The van der Waals surface area contributed by atoms with Crippen LogP contribution in [0.5, 0.6) is 11.5 Å². The number of aliphatic imine (C=N–C) groups is 1. The third kappa shape index (κ3) is 7.88. The minimum Gasteiger partial charge on any atom is -0.493 e. The zero-order valence-corrected chi connectivity index (χ0v) is 17.2. The first-order valence-corrected chi connectivity index (χ1v) is 9.55. The van der Waals surface area contributed by atoms with Crippen molar-refractivity contribution in [1.29, 1.82) is 0 Å². The van der Waals surface area contributed by atoms with E-state index in [4.69, 9.17) is 14.2 Å². The van der Waals surface area contributed by atoms with Gasteiger partial charge in [0.15, 0.2) is 5.96 Å². The zero-order valence-electron chi connectivity index (χ0n) is 17.2. The van der Waals surface area contributed by atoms with Gasteiger partial charge >= 0.3 is 0 Å². The number of hydrogen-bond donors (Lipinski definition) is 2. The molecule has 0 bridgehead atoms. The SMILES string of the molecule is CN=C(NCc1ccc(OC(C)C)cc1)Nc1cccc(OCCCOC)c1. The van der Waals surface area contributed by atoms with E-state index in [1.165, 1.54) is 0 Å². The second-order valence-corrected chi connectivity index (χ2v) is 6.58. The molecule has 2 aromatic carbocycles. The molecule has 0 aliphatic carbocycles. The molecule has 0 aliphatic heterocycles. The number of nitrogens with zero attached hydrogens (tertiary/aromatic N) is 1. The predicted molar refractivity (Wildman–Crippen MR) is 114 cm³/mol. The van der Waals surface area contributed by atoms with Gasteiger partial charge in [0.25, 0.3) is 0 Å². The first-order valence-electron chi connectivity index (χ1n) is 9.55. The number of benzene rings is 2. The second kappa shape index (κ2) is 11.9. The van der Waals surface area contributed by atoms with Gasteiger partial charge in [-0.1, -0.05) is 18.2 Å². The Bertz CT molecular complexity index is 730. The summed E-state index contributed by atoms with van der Waals surface area (Å²) < 4.78 is 16.4. The van der Waals surface area contributed by atoms with Crippen molar-refractivity contribution >= 4 is 11.6 Å². The number of anilines is 1. The molecule has 0 heterocycles. The molecule has 6 heteroatoms. The van der Waals surface area contributed by atoms with Gasteiger partial charge in [0.1, 0.15) is 11.5 Å². The molecule has 0 aromatic heterocycles. The number of hydrogen-bond acceptors (Lipinski definition) is 4. The predicted octanol–water partition coefficient (Wildman–Crippen LogP) is 4.08. The third-order valence-electron chi connectivity index (χ3n) is 3.84. The molecular formula is C22H31N3O3. The van der Waals surface area contributed by atoms with Gasteiger partial charge in [-0.3, -0.25) is 4.99 Å². The molecule has 2 N–H and O–H groups in total. The van der Waals surface area contributed by atoms with Crippen LogP contribution in [-0.2, 0) is 11.3 Å². The highest BCUT2D eigenvalue weighted by Crippen LogP contribution is 2.18. The van der Waals surface area contributed by atoms with Crippen molar-refractivity contribution in [2.24, 2.45) is 4.99 Å². The molecule has 0 aliphatic rings. The van der Waals surface area contributed by atoms with Crippen LogP contribution < -0.4 is 20.1 Å². The summed E-state index contributed by atoms with van der Waals surface area (Å²) in [5.74, 6) is 2.39. The largest absolute Gasteiger partial charge is 0.493 e. The van der Waals surface area contributed by atoms with Crippen molar-refractivity contribution in [1.82, 2.24) is 5.32 Å². The van der Waals surface area contributed by atoms with Gasteiger partial charge in [-0.05, 0) is 43.7 Å². The van der Waals surface area contributed by atoms with Gasteiger partial charge in [-0.15, -0.1) is 0 Å². The molecule has 28 heavy (non-hydrogen) atoms. The molecule has 0 spiro atoms. The Hall–Kier alpha value is -2.73. The Morgan fingerprint density at radius 1 is 1.04 bits per heavy atom. The van der Waals surface area contributed by atoms with Crippen molar-refractivity contribution in [3.05, 3.63) is 54.1 Å². The molecule has 0 radical (unpaired) electrons. The molecular weight excluding hydrogens is 354 g/mol. The molecule has 0 unspecified atom stereocenters. The van der Waals surface area contributed by atoms with Gasteiger partial charge in [0.2, 0.25) is 0 Å². The average molecular weight is 386 g/mol. The van der Waals surface area contributed by atoms with Crippen LogP contribution in [0.15, 0.2) is 53.5 Å². The quantitative estimate of drug-likeness (QED) is 0.367. The second-order valence-electron chi connectivity index (χ2n) is 6.58. The highest BCUT2D eigenvalue weighted by atomic mass is 16.5. The van der Waals surface area contributed by atoms with Crippen molar-refractivity contribution in [3.63, 3.8) is 0 Å². The van der Waals surface area contributed by atoms with Crippen LogP contribution >= 0.6 is 0 Å². The van der Waals surface area contributed by atoms with Crippen LogP contribution in [0.3, 0.4) is 0 Å². The number of guanidine groups is 1. The highest BCUT2D eigenvalue weighted by molar-refractivity contribution is 5.93. The molecule has 0 saturated carbocycles. The molecule has 2 rings (SSSR count). The third-order valence-corrected chi connectivity index (χ3v) is 3.84. The minimum absolute atomic E-state index is 0.173. The fraction of sp³-hybridized carbons (Fsp3) is 0.409. The molecule has 0 fully saturated rings. The molecule has 152 valence electrons. The standard InChI is InChI=1S/C22H31N3O3/c1-17(2)28-20-11-9-18(10-12-20)16-24-22(23-3)25-19-7-5-8-21(15-19)27-14-6-13-26-4/h5,7-12,15,17H,6,13-14,16H2,1-4H3,(H2,23,24,25). The number of rotatable bonds is 10. The summed E-state index contributed by atoms with van der Waals surface area (Å²) in [7, 11) is 3.44. The fourth-order valence-corrected chi connectivity index (χ4v) is 2.52. The Labute approximate surface area is 167 Å².